The normalized spacial score (nSPS) is 12.0. The standard InChI is InChI=1S/C18H18FN5O2/c1-11-21-14(10-17(25)22-11)9-15(12-3-5-13(19)6-4-12)23-18(26)16-7-8-20-24(16)2/h3-8,10,15H,9H2,1-2H3,(H,23,26)(H,21,22,25)/t15-/m0/s1. The Morgan fingerprint density at radius 3 is 2.65 bits per heavy atom. The number of aromatic amines is 1. The highest BCUT2D eigenvalue weighted by molar-refractivity contribution is 5.92. The minimum Gasteiger partial charge on any atom is -0.344 e. The van der Waals surface area contributed by atoms with Crippen molar-refractivity contribution in [2.45, 2.75) is 19.4 Å². The summed E-state index contributed by atoms with van der Waals surface area (Å²) in [7, 11) is 1.67. The Morgan fingerprint density at radius 1 is 1.31 bits per heavy atom. The molecule has 0 saturated heterocycles. The van der Waals surface area contributed by atoms with Crippen molar-refractivity contribution < 1.29 is 9.18 Å². The number of aromatic nitrogens is 4. The summed E-state index contributed by atoms with van der Waals surface area (Å²) in [6.45, 7) is 1.69. The molecule has 0 saturated carbocycles. The quantitative estimate of drug-likeness (QED) is 0.728. The molecule has 0 fully saturated rings. The van der Waals surface area contributed by atoms with E-state index in [-0.39, 0.29) is 17.3 Å². The molecule has 3 rings (SSSR count). The fourth-order valence-electron chi connectivity index (χ4n) is 2.73. The topological polar surface area (TPSA) is 92.7 Å². The molecule has 0 radical (unpaired) electrons. The Labute approximate surface area is 148 Å². The second kappa shape index (κ2) is 7.30. The molecule has 0 spiro atoms. The first-order chi connectivity index (χ1) is 12.4. The van der Waals surface area contributed by atoms with E-state index in [1.54, 1.807) is 32.2 Å². The van der Waals surface area contributed by atoms with Gasteiger partial charge in [0.2, 0.25) is 0 Å². The van der Waals surface area contributed by atoms with E-state index in [0.717, 1.165) is 0 Å². The Morgan fingerprint density at radius 2 is 2.04 bits per heavy atom. The molecule has 8 heteroatoms. The fourth-order valence-corrected chi connectivity index (χ4v) is 2.73. The molecule has 0 aliphatic rings. The molecule has 1 aromatic carbocycles. The van der Waals surface area contributed by atoms with E-state index >= 15 is 0 Å². The monoisotopic (exact) mass is 355 g/mol. The Kier molecular flexibility index (Phi) is 4.92. The van der Waals surface area contributed by atoms with Crippen LogP contribution < -0.4 is 10.9 Å². The molecule has 134 valence electrons. The number of nitrogens with one attached hydrogen (secondary N) is 2. The predicted molar refractivity (Wildman–Crippen MR) is 93.1 cm³/mol. The van der Waals surface area contributed by atoms with Crippen LogP contribution in [0.5, 0.6) is 0 Å². The third-order valence-corrected chi connectivity index (χ3v) is 3.96. The van der Waals surface area contributed by atoms with Crippen molar-refractivity contribution in [3.63, 3.8) is 0 Å². The van der Waals surface area contributed by atoms with Crippen LogP contribution in [0.2, 0.25) is 0 Å². The van der Waals surface area contributed by atoms with Gasteiger partial charge in [-0.05, 0) is 30.7 Å². The maximum absolute atomic E-state index is 13.3. The number of benzene rings is 1. The van der Waals surface area contributed by atoms with Crippen LogP contribution in [0.1, 0.15) is 33.6 Å². The molecule has 2 heterocycles. The van der Waals surface area contributed by atoms with Gasteiger partial charge in [-0.3, -0.25) is 14.3 Å². The summed E-state index contributed by atoms with van der Waals surface area (Å²) in [5.74, 6) is -0.195. The Bertz CT molecular complexity index is 978. The molecule has 2 aromatic heterocycles. The second-order valence-corrected chi connectivity index (χ2v) is 5.94. The van der Waals surface area contributed by atoms with Gasteiger partial charge >= 0.3 is 0 Å². The van der Waals surface area contributed by atoms with E-state index in [2.05, 4.69) is 20.4 Å². The van der Waals surface area contributed by atoms with Crippen molar-refractivity contribution in [1.29, 1.82) is 0 Å². The van der Waals surface area contributed by atoms with Crippen molar-refractivity contribution >= 4 is 5.91 Å². The van der Waals surface area contributed by atoms with Gasteiger partial charge in [0.05, 0.1) is 11.7 Å². The molecule has 0 unspecified atom stereocenters. The summed E-state index contributed by atoms with van der Waals surface area (Å²) in [6.07, 6.45) is 1.82. The summed E-state index contributed by atoms with van der Waals surface area (Å²) in [5.41, 5.74) is 1.38. The zero-order valence-corrected chi connectivity index (χ0v) is 14.4. The van der Waals surface area contributed by atoms with Crippen molar-refractivity contribution in [2.24, 2.45) is 7.05 Å². The van der Waals surface area contributed by atoms with Crippen LogP contribution >= 0.6 is 0 Å². The number of carbonyl (C=O) groups excluding carboxylic acids is 1. The largest absolute Gasteiger partial charge is 0.344 e. The van der Waals surface area contributed by atoms with E-state index in [9.17, 15) is 14.0 Å². The van der Waals surface area contributed by atoms with Crippen LogP contribution in [-0.2, 0) is 13.5 Å². The SMILES string of the molecule is Cc1nc(C[C@H](NC(=O)c2ccnn2C)c2ccc(F)cc2)cc(=O)[nH]1. The number of hydrogen-bond acceptors (Lipinski definition) is 4. The smallest absolute Gasteiger partial charge is 0.270 e. The van der Waals surface area contributed by atoms with Crippen LogP contribution in [0.4, 0.5) is 4.39 Å². The molecule has 0 bridgehead atoms. The van der Waals surface area contributed by atoms with E-state index < -0.39 is 6.04 Å². The van der Waals surface area contributed by atoms with Gasteiger partial charge in [0.25, 0.3) is 11.5 Å². The fraction of sp³-hybridized carbons (Fsp3) is 0.222. The molecular formula is C18H18FN5O2. The molecular weight excluding hydrogens is 337 g/mol. The van der Waals surface area contributed by atoms with Gasteiger partial charge in [-0.15, -0.1) is 0 Å². The molecule has 7 nitrogen and oxygen atoms in total. The third kappa shape index (κ3) is 4.02. The number of carbonyl (C=O) groups is 1. The van der Waals surface area contributed by atoms with Gasteiger partial charge in [0.1, 0.15) is 17.3 Å². The summed E-state index contributed by atoms with van der Waals surface area (Å²) >= 11 is 0. The molecule has 1 atom stereocenters. The molecule has 0 aliphatic heterocycles. The van der Waals surface area contributed by atoms with E-state index in [1.165, 1.54) is 29.1 Å². The number of hydrogen-bond donors (Lipinski definition) is 2. The van der Waals surface area contributed by atoms with Gasteiger partial charge < -0.3 is 10.3 Å². The lowest BCUT2D eigenvalue weighted by atomic mass is 10.0. The molecule has 2 N–H and O–H groups in total. The van der Waals surface area contributed by atoms with Gasteiger partial charge in [0, 0.05) is 25.7 Å². The van der Waals surface area contributed by atoms with Crippen LogP contribution in [0, 0.1) is 12.7 Å². The average molecular weight is 355 g/mol. The van der Waals surface area contributed by atoms with Gasteiger partial charge in [-0.2, -0.15) is 5.10 Å². The van der Waals surface area contributed by atoms with Crippen molar-refractivity contribution in [3.8, 4) is 0 Å². The number of halogens is 1. The highest BCUT2D eigenvalue weighted by Crippen LogP contribution is 2.18. The number of H-pyrrole nitrogens is 1. The summed E-state index contributed by atoms with van der Waals surface area (Å²) in [6, 6.07) is 8.37. The number of aryl methyl sites for hydroxylation is 2. The predicted octanol–water partition coefficient (Wildman–Crippen LogP) is 1.66. The van der Waals surface area contributed by atoms with Crippen molar-refractivity contribution in [1.82, 2.24) is 25.1 Å². The Hall–Kier alpha value is -3.29. The summed E-state index contributed by atoms with van der Waals surface area (Å²) in [4.78, 5) is 31.1. The summed E-state index contributed by atoms with van der Waals surface area (Å²) in [5, 5.41) is 6.89. The lowest BCUT2D eigenvalue weighted by Gasteiger charge is -2.19. The van der Waals surface area contributed by atoms with E-state index in [4.69, 9.17) is 0 Å². The molecule has 1 amide bonds. The van der Waals surface area contributed by atoms with Crippen LogP contribution in [0.3, 0.4) is 0 Å². The first kappa shape index (κ1) is 17.5. The maximum atomic E-state index is 13.3. The zero-order valence-electron chi connectivity index (χ0n) is 14.4. The van der Waals surface area contributed by atoms with Crippen molar-refractivity contribution in [2.75, 3.05) is 0 Å². The first-order valence-electron chi connectivity index (χ1n) is 8.03. The highest BCUT2D eigenvalue weighted by Gasteiger charge is 2.19. The van der Waals surface area contributed by atoms with Gasteiger partial charge in [-0.25, -0.2) is 9.37 Å². The van der Waals surface area contributed by atoms with Crippen LogP contribution in [0.15, 0.2) is 47.4 Å². The second-order valence-electron chi connectivity index (χ2n) is 5.94. The van der Waals surface area contributed by atoms with Crippen molar-refractivity contribution in [3.05, 3.63) is 81.5 Å². The Balaban J connectivity index is 1.91. The molecule has 26 heavy (non-hydrogen) atoms. The number of amides is 1. The van der Waals surface area contributed by atoms with Gasteiger partial charge in [-0.1, -0.05) is 12.1 Å². The van der Waals surface area contributed by atoms with E-state index in [0.29, 0.717) is 29.2 Å². The lowest BCUT2D eigenvalue weighted by Crippen LogP contribution is -2.32. The number of nitrogens with zero attached hydrogens (tertiary/aromatic N) is 3. The minimum atomic E-state index is -0.480. The summed E-state index contributed by atoms with van der Waals surface area (Å²) < 4.78 is 14.7. The zero-order chi connectivity index (χ0) is 18.7. The highest BCUT2D eigenvalue weighted by atomic mass is 19.1. The molecule has 0 aliphatic carbocycles. The third-order valence-electron chi connectivity index (χ3n) is 3.96. The number of rotatable bonds is 5. The van der Waals surface area contributed by atoms with Gasteiger partial charge in [0.15, 0.2) is 0 Å². The minimum absolute atomic E-state index is 0.261. The van der Waals surface area contributed by atoms with Crippen LogP contribution in [-0.4, -0.2) is 25.7 Å². The first-order valence-corrected chi connectivity index (χ1v) is 8.03. The van der Waals surface area contributed by atoms with E-state index in [1.807, 2.05) is 0 Å². The lowest BCUT2D eigenvalue weighted by molar-refractivity contribution is 0.0927. The maximum Gasteiger partial charge on any atom is 0.270 e. The average Bonchev–Trinajstić information content (AvgIpc) is 3.00. The molecule has 3 aromatic rings. The van der Waals surface area contributed by atoms with Crippen LogP contribution in [0.25, 0.3) is 0 Å².